The fourth-order valence-electron chi connectivity index (χ4n) is 1.87. The third-order valence-electron chi connectivity index (χ3n) is 2.95. The Labute approximate surface area is 118 Å². The van der Waals surface area contributed by atoms with Crippen molar-refractivity contribution in [3.05, 3.63) is 12.7 Å². The van der Waals surface area contributed by atoms with Crippen molar-refractivity contribution < 1.29 is 24.6 Å². The highest BCUT2D eigenvalue weighted by atomic mass is 16.4. The Morgan fingerprint density at radius 3 is 2.25 bits per heavy atom. The van der Waals surface area contributed by atoms with Crippen LogP contribution in [-0.2, 0) is 14.4 Å². The normalized spacial score (nSPS) is 17.1. The standard InChI is InChI=1S/C11H19NO3.C3H4O2/c13-7-5-3-1-2-4-6-9-8-10(14)12-11(9)15;1-2-3(4)5/h9,13H,1-8H2,(H,12,14,15);2H,1H2,(H,4,5). The van der Waals surface area contributed by atoms with Gasteiger partial charge in [-0.05, 0) is 12.8 Å². The van der Waals surface area contributed by atoms with Gasteiger partial charge in [0.1, 0.15) is 0 Å². The first-order chi connectivity index (χ1) is 9.51. The van der Waals surface area contributed by atoms with E-state index in [0.29, 0.717) is 6.42 Å². The van der Waals surface area contributed by atoms with Gasteiger partial charge in [0.05, 0.1) is 0 Å². The van der Waals surface area contributed by atoms with Crippen LogP contribution in [0.15, 0.2) is 12.7 Å². The number of hydrogen-bond acceptors (Lipinski definition) is 4. The van der Waals surface area contributed by atoms with Crippen molar-refractivity contribution in [2.24, 2.45) is 5.92 Å². The molecule has 6 nitrogen and oxygen atoms in total. The lowest BCUT2D eigenvalue weighted by atomic mass is 9.99. The summed E-state index contributed by atoms with van der Waals surface area (Å²) in [6, 6.07) is 0. The van der Waals surface area contributed by atoms with E-state index in [2.05, 4.69) is 11.9 Å². The summed E-state index contributed by atoms with van der Waals surface area (Å²) in [5, 5.41) is 18.5. The largest absolute Gasteiger partial charge is 0.478 e. The molecule has 114 valence electrons. The first kappa shape index (κ1) is 18.3. The molecular weight excluding hydrogens is 262 g/mol. The molecule has 0 aliphatic carbocycles. The zero-order valence-corrected chi connectivity index (χ0v) is 11.6. The topological polar surface area (TPSA) is 104 Å². The molecule has 0 radical (unpaired) electrons. The smallest absolute Gasteiger partial charge is 0.327 e. The van der Waals surface area contributed by atoms with Gasteiger partial charge in [0.2, 0.25) is 11.8 Å². The van der Waals surface area contributed by atoms with Crippen molar-refractivity contribution in [1.29, 1.82) is 0 Å². The number of imide groups is 1. The summed E-state index contributed by atoms with van der Waals surface area (Å²) in [6.07, 6.45) is 7.11. The van der Waals surface area contributed by atoms with Crippen molar-refractivity contribution in [1.82, 2.24) is 5.32 Å². The van der Waals surface area contributed by atoms with Gasteiger partial charge in [0, 0.05) is 25.0 Å². The minimum absolute atomic E-state index is 0.0876. The lowest BCUT2D eigenvalue weighted by Gasteiger charge is -2.04. The van der Waals surface area contributed by atoms with Crippen LogP contribution in [0, 0.1) is 5.92 Å². The molecule has 1 rings (SSSR count). The highest BCUT2D eigenvalue weighted by Crippen LogP contribution is 2.18. The minimum atomic E-state index is -0.981. The molecular formula is C14H23NO5. The number of amides is 2. The number of hydrogen-bond donors (Lipinski definition) is 3. The number of carbonyl (C=O) groups excluding carboxylic acids is 2. The van der Waals surface area contributed by atoms with Gasteiger partial charge in [-0.1, -0.05) is 32.3 Å². The van der Waals surface area contributed by atoms with E-state index in [1.807, 2.05) is 0 Å². The van der Waals surface area contributed by atoms with Crippen LogP contribution in [-0.4, -0.2) is 34.6 Å². The summed E-state index contributed by atoms with van der Waals surface area (Å²) in [5.74, 6) is -1.30. The number of carbonyl (C=O) groups is 3. The molecule has 6 heteroatoms. The van der Waals surface area contributed by atoms with Gasteiger partial charge in [-0.3, -0.25) is 14.9 Å². The molecule has 1 fully saturated rings. The fraction of sp³-hybridized carbons (Fsp3) is 0.643. The van der Waals surface area contributed by atoms with E-state index in [1.54, 1.807) is 0 Å². The van der Waals surface area contributed by atoms with E-state index < -0.39 is 5.97 Å². The van der Waals surface area contributed by atoms with Crippen LogP contribution in [0.2, 0.25) is 0 Å². The van der Waals surface area contributed by atoms with Crippen molar-refractivity contribution in [3.8, 4) is 0 Å². The second kappa shape index (κ2) is 11.2. The molecule has 3 N–H and O–H groups in total. The Balaban J connectivity index is 0.000000621. The molecule has 0 aromatic rings. The fourth-order valence-corrected chi connectivity index (χ4v) is 1.87. The van der Waals surface area contributed by atoms with Gasteiger partial charge in [-0.15, -0.1) is 0 Å². The van der Waals surface area contributed by atoms with Crippen LogP contribution in [0.3, 0.4) is 0 Å². The molecule has 0 aromatic carbocycles. The maximum Gasteiger partial charge on any atom is 0.327 e. The molecule has 1 atom stereocenters. The van der Waals surface area contributed by atoms with Crippen molar-refractivity contribution in [3.63, 3.8) is 0 Å². The van der Waals surface area contributed by atoms with Gasteiger partial charge >= 0.3 is 5.97 Å². The first-order valence-corrected chi connectivity index (χ1v) is 6.81. The number of aliphatic carboxylic acids is 1. The third-order valence-corrected chi connectivity index (χ3v) is 2.95. The molecule has 0 spiro atoms. The summed E-state index contributed by atoms with van der Waals surface area (Å²) >= 11 is 0. The van der Waals surface area contributed by atoms with Crippen molar-refractivity contribution >= 4 is 17.8 Å². The van der Waals surface area contributed by atoms with E-state index in [9.17, 15) is 14.4 Å². The summed E-state index contributed by atoms with van der Waals surface area (Å²) in [4.78, 5) is 31.3. The molecule has 1 aliphatic heterocycles. The van der Waals surface area contributed by atoms with Crippen LogP contribution < -0.4 is 5.32 Å². The highest BCUT2D eigenvalue weighted by molar-refractivity contribution is 6.03. The van der Waals surface area contributed by atoms with Crippen LogP contribution >= 0.6 is 0 Å². The number of nitrogens with one attached hydrogen (secondary N) is 1. The lowest BCUT2D eigenvalue weighted by Crippen LogP contribution is -2.21. The quantitative estimate of drug-likeness (QED) is 0.353. The maximum atomic E-state index is 11.2. The van der Waals surface area contributed by atoms with E-state index in [0.717, 1.165) is 44.6 Å². The van der Waals surface area contributed by atoms with Crippen molar-refractivity contribution in [2.75, 3.05) is 6.61 Å². The molecule has 0 bridgehead atoms. The lowest BCUT2D eigenvalue weighted by molar-refractivity contribution is -0.131. The van der Waals surface area contributed by atoms with E-state index in [-0.39, 0.29) is 24.3 Å². The van der Waals surface area contributed by atoms with Crippen LogP contribution in [0.4, 0.5) is 0 Å². The Bertz CT molecular complexity index is 340. The molecule has 2 amide bonds. The van der Waals surface area contributed by atoms with Gasteiger partial charge in [0.25, 0.3) is 0 Å². The van der Waals surface area contributed by atoms with Gasteiger partial charge < -0.3 is 10.2 Å². The Kier molecular flexibility index (Phi) is 10.2. The van der Waals surface area contributed by atoms with Crippen LogP contribution in [0.5, 0.6) is 0 Å². The maximum absolute atomic E-state index is 11.2. The Morgan fingerprint density at radius 1 is 1.25 bits per heavy atom. The number of carboxylic acid groups (broad SMARTS) is 1. The molecule has 20 heavy (non-hydrogen) atoms. The predicted octanol–water partition coefficient (Wildman–Crippen LogP) is 1.24. The van der Waals surface area contributed by atoms with Crippen LogP contribution in [0.25, 0.3) is 0 Å². The van der Waals surface area contributed by atoms with Gasteiger partial charge in [-0.2, -0.15) is 0 Å². The first-order valence-electron chi connectivity index (χ1n) is 6.81. The zero-order valence-electron chi connectivity index (χ0n) is 11.6. The van der Waals surface area contributed by atoms with Gasteiger partial charge in [0.15, 0.2) is 0 Å². The number of rotatable bonds is 8. The summed E-state index contributed by atoms with van der Waals surface area (Å²) in [5.41, 5.74) is 0. The number of carboxylic acids is 1. The molecule has 1 aliphatic rings. The average Bonchev–Trinajstić information content (AvgIpc) is 2.73. The molecule has 1 saturated heterocycles. The SMILES string of the molecule is C=CC(=O)O.O=C1CC(CCCCCCCO)C(=O)N1. The molecule has 0 aromatic heterocycles. The van der Waals surface area contributed by atoms with Gasteiger partial charge in [-0.25, -0.2) is 4.79 Å². The number of aliphatic hydroxyl groups excluding tert-OH is 1. The molecule has 1 unspecified atom stereocenters. The predicted molar refractivity (Wildman–Crippen MR) is 73.9 cm³/mol. The Hall–Kier alpha value is -1.69. The number of unbranched alkanes of at least 4 members (excludes halogenated alkanes) is 4. The van der Waals surface area contributed by atoms with Crippen LogP contribution in [0.1, 0.15) is 44.9 Å². The second-order valence-electron chi connectivity index (χ2n) is 4.64. The minimum Gasteiger partial charge on any atom is -0.478 e. The van der Waals surface area contributed by atoms with E-state index >= 15 is 0 Å². The monoisotopic (exact) mass is 285 g/mol. The summed E-state index contributed by atoms with van der Waals surface area (Å²) in [7, 11) is 0. The van der Waals surface area contributed by atoms with Crippen molar-refractivity contribution in [2.45, 2.75) is 44.9 Å². The summed E-state index contributed by atoms with van der Waals surface area (Å²) < 4.78 is 0. The number of aliphatic hydroxyl groups is 1. The average molecular weight is 285 g/mol. The molecule has 1 heterocycles. The second-order valence-corrected chi connectivity index (χ2v) is 4.64. The van der Waals surface area contributed by atoms with E-state index in [4.69, 9.17) is 10.2 Å². The zero-order chi connectivity index (χ0) is 15.4. The van der Waals surface area contributed by atoms with E-state index in [1.165, 1.54) is 0 Å². The third kappa shape index (κ3) is 9.27. The molecule has 0 saturated carbocycles. The highest BCUT2D eigenvalue weighted by Gasteiger charge is 2.29. The summed E-state index contributed by atoms with van der Waals surface area (Å²) in [6.45, 7) is 3.22. The Morgan fingerprint density at radius 2 is 1.80 bits per heavy atom.